The molecule has 11 heteroatoms. The number of amides is 1. The standard InChI is InChI=1S/C34H38N6O5/c1-19-23(24-9-7-11-26(20(24)2)36-31(41)30-33(42)39(3)34(43)40(4)38-30)8-6-10-25(19)28-18-21-12-13-27(29(21)32(37-28)44-5)35-22-14-16-45-17-15-22/h6-11,18,22,27,35H,12-17H2,1-5H3,(H,36,41)/t27-/m1/s1. The van der Waals surface area contributed by atoms with E-state index in [2.05, 4.69) is 40.9 Å². The highest BCUT2D eigenvalue weighted by atomic mass is 16.5. The van der Waals surface area contributed by atoms with E-state index in [1.807, 2.05) is 25.1 Å². The normalized spacial score (nSPS) is 16.4. The first kappa shape index (κ1) is 30.4. The van der Waals surface area contributed by atoms with Crippen molar-refractivity contribution >= 4 is 11.6 Å². The molecule has 0 unspecified atom stereocenters. The fourth-order valence-electron chi connectivity index (χ4n) is 6.51. The Morgan fingerprint density at radius 1 is 0.978 bits per heavy atom. The van der Waals surface area contributed by atoms with Crippen molar-refractivity contribution in [1.29, 1.82) is 0 Å². The third-order valence-electron chi connectivity index (χ3n) is 9.03. The molecule has 45 heavy (non-hydrogen) atoms. The van der Waals surface area contributed by atoms with Gasteiger partial charge in [-0.05, 0) is 79.5 Å². The number of pyridine rings is 1. The Bertz CT molecular complexity index is 1910. The van der Waals surface area contributed by atoms with Crippen molar-refractivity contribution in [2.45, 2.75) is 51.6 Å². The number of fused-ring (bicyclic) bond motifs is 1. The summed E-state index contributed by atoms with van der Waals surface area (Å²) in [4.78, 5) is 42.7. The van der Waals surface area contributed by atoms with Crippen molar-refractivity contribution in [2.24, 2.45) is 14.1 Å². The molecule has 0 spiro atoms. The van der Waals surface area contributed by atoms with Crippen LogP contribution in [0.5, 0.6) is 5.88 Å². The van der Waals surface area contributed by atoms with Crippen LogP contribution in [0.4, 0.5) is 5.69 Å². The Morgan fingerprint density at radius 3 is 2.40 bits per heavy atom. The van der Waals surface area contributed by atoms with Crippen molar-refractivity contribution in [1.82, 2.24) is 24.6 Å². The number of nitrogens with one attached hydrogen (secondary N) is 2. The molecule has 6 rings (SSSR count). The zero-order valence-corrected chi connectivity index (χ0v) is 26.3. The van der Waals surface area contributed by atoms with E-state index >= 15 is 0 Å². The fraction of sp³-hybridized carbons (Fsp3) is 0.382. The summed E-state index contributed by atoms with van der Waals surface area (Å²) in [6.07, 6.45) is 3.98. The van der Waals surface area contributed by atoms with E-state index in [4.69, 9.17) is 14.5 Å². The van der Waals surface area contributed by atoms with Gasteiger partial charge in [-0.1, -0.05) is 30.3 Å². The lowest BCUT2D eigenvalue weighted by molar-refractivity contribution is 0.0747. The Morgan fingerprint density at radius 2 is 1.67 bits per heavy atom. The maximum atomic E-state index is 13.1. The smallest absolute Gasteiger partial charge is 0.346 e. The van der Waals surface area contributed by atoms with Crippen LogP contribution in [0.1, 0.15) is 58.0 Å². The van der Waals surface area contributed by atoms with E-state index in [0.29, 0.717) is 17.6 Å². The van der Waals surface area contributed by atoms with Gasteiger partial charge in [0.2, 0.25) is 11.6 Å². The lowest BCUT2D eigenvalue weighted by atomic mass is 9.91. The summed E-state index contributed by atoms with van der Waals surface area (Å²) in [7, 11) is 4.40. The van der Waals surface area contributed by atoms with Gasteiger partial charge >= 0.3 is 5.69 Å². The van der Waals surface area contributed by atoms with E-state index in [0.717, 1.165) is 87.2 Å². The molecule has 2 N–H and O–H groups in total. The Kier molecular flexibility index (Phi) is 8.39. The van der Waals surface area contributed by atoms with Gasteiger partial charge in [-0.2, -0.15) is 5.10 Å². The molecular formula is C34H38N6O5. The van der Waals surface area contributed by atoms with Crippen LogP contribution < -0.4 is 26.6 Å². The Labute approximate surface area is 261 Å². The average molecular weight is 611 g/mol. The van der Waals surface area contributed by atoms with Gasteiger partial charge < -0.3 is 20.1 Å². The second-order valence-corrected chi connectivity index (χ2v) is 11.8. The number of methoxy groups -OCH3 is 1. The van der Waals surface area contributed by atoms with Crippen LogP contribution in [0, 0.1) is 13.8 Å². The zero-order valence-electron chi connectivity index (χ0n) is 26.3. The summed E-state index contributed by atoms with van der Waals surface area (Å²) < 4.78 is 13.2. The van der Waals surface area contributed by atoms with Crippen molar-refractivity contribution in [3.63, 3.8) is 0 Å². The maximum Gasteiger partial charge on any atom is 0.346 e. The summed E-state index contributed by atoms with van der Waals surface area (Å²) >= 11 is 0. The van der Waals surface area contributed by atoms with Gasteiger partial charge in [0.25, 0.3) is 11.5 Å². The number of ether oxygens (including phenoxy) is 2. The molecule has 4 aromatic rings. The van der Waals surface area contributed by atoms with Crippen molar-refractivity contribution in [3.05, 3.63) is 91.3 Å². The molecule has 234 valence electrons. The minimum Gasteiger partial charge on any atom is -0.481 e. The molecule has 1 aliphatic heterocycles. The zero-order chi connectivity index (χ0) is 31.8. The molecule has 2 aromatic heterocycles. The quantitative estimate of drug-likeness (QED) is 0.323. The summed E-state index contributed by atoms with van der Waals surface area (Å²) in [5.41, 5.74) is 6.90. The summed E-state index contributed by atoms with van der Waals surface area (Å²) in [6.45, 7) is 5.58. The number of aryl methyl sites for hydroxylation is 2. The summed E-state index contributed by atoms with van der Waals surface area (Å²) in [5, 5.41) is 10.6. The molecule has 1 saturated heterocycles. The molecule has 3 heterocycles. The van der Waals surface area contributed by atoms with Gasteiger partial charge in [0, 0.05) is 56.2 Å². The molecular weight excluding hydrogens is 572 g/mol. The van der Waals surface area contributed by atoms with Gasteiger partial charge in [0.05, 0.1) is 12.8 Å². The Balaban J connectivity index is 1.32. The first-order chi connectivity index (χ1) is 21.7. The van der Waals surface area contributed by atoms with Gasteiger partial charge in [-0.3, -0.25) is 14.2 Å². The van der Waals surface area contributed by atoms with E-state index in [1.54, 1.807) is 13.2 Å². The number of rotatable bonds is 7. The SMILES string of the molecule is COc1nc(-c2cccc(-c3cccc(NC(=O)c4nn(C)c(=O)n(C)c4=O)c3C)c2C)cc2c1[C@H](NC1CCOCC1)CC2. The molecule has 1 amide bonds. The summed E-state index contributed by atoms with van der Waals surface area (Å²) in [5.74, 6) is -0.0237. The third-order valence-corrected chi connectivity index (χ3v) is 9.03. The summed E-state index contributed by atoms with van der Waals surface area (Å²) in [6, 6.07) is 14.6. The minimum absolute atomic E-state index is 0.212. The van der Waals surface area contributed by atoms with Crippen LogP contribution in [0.3, 0.4) is 0 Å². The van der Waals surface area contributed by atoms with E-state index in [1.165, 1.54) is 19.7 Å². The van der Waals surface area contributed by atoms with Crippen molar-refractivity contribution < 1.29 is 14.3 Å². The Hall–Kier alpha value is -4.61. The molecule has 1 aliphatic carbocycles. The first-order valence-electron chi connectivity index (χ1n) is 15.2. The van der Waals surface area contributed by atoms with Crippen LogP contribution in [-0.4, -0.2) is 51.6 Å². The van der Waals surface area contributed by atoms with Crippen LogP contribution in [0.15, 0.2) is 52.1 Å². The number of carbonyl (C=O) groups excluding carboxylic acids is 1. The highest BCUT2D eigenvalue weighted by Crippen LogP contribution is 2.41. The molecule has 1 atom stereocenters. The molecule has 2 aliphatic rings. The van der Waals surface area contributed by atoms with Crippen LogP contribution in [0.25, 0.3) is 22.4 Å². The molecule has 0 bridgehead atoms. The monoisotopic (exact) mass is 610 g/mol. The van der Waals surface area contributed by atoms with Gasteiger partial charge in [0.1, 0.15) is 0 Å². The molecule has 2 aromatic carbocycles. The minimum atomic E-state index is -0.754. The number of anilines is 1. The van der Waals surface area contributed by atoms with Crippen LogP contribution in [0.2, 0.25) is 0 Å². The van der Waals surface area contributed by atoms with Gasteiger partial charge in [-0.25, -0.2) is 14.5 Å². The number of hydrogen-bond donors (Lipinski definition) is 2. The highest BCUT2D eigenvalue weighted by molar-refractivity contribution is 6.03. The topological polar surface area (TPSA) is 129 Å². The van der Waals surface area contributed by atoms with E-state index in [-0.39, 0.29) is 11.7 Å². The second kappa shape index (κ2) is 12.4. The number of nitrogens with zero attached hydrogens (tertiary/aromatic N) is 4. The van der Waals surface area contributed by atoms with Crippen molar-refractivity contribution in [3.8, 4) is 28.3 Å². The number of aromatic nitrogens is 4. The average Bonchev–Trinajstić information content (AvgIpc) is 3.45. The largest absolute Gasteiger partial charge is 0.481 e. The second-order valence-electron chi connectivity index (χ2n) is 11.8. The molecule has 0 radical (unpaired) electrons. The molecule has 1 fully saturated rings. The van der Waals surface area contributed by atoms with Gasteiger partial charge in [0.15, 0.2) is 0 Å². The maximum absolute atomic E-state index is 13.1. The number of hydrogen-bond acceptors (Lipinski definition) is 8. The number of carbonyl (C=O) groups is 1. The predicted octanol–water partition coefficient (Wildman–Crippen LogP) is 3.84. The van der Waals surface area contributed by atoms with Gasteiger partial charge in [-0.15, -0.1) is 0 Å². The predicted molar refractivity (Wildman–Crippen MR) is 172 cm³/mol. The lowest BCUT2D eigenvalue weighted by Gasteiger charge is -2.27. The lowest BCUT2D eigenvalue weighted by Crippen LogP contribution is -2.43. The van der Waals surface area contributed by atoms with Crippen molar-refractivity contribution in [2.75, 3.05) is 25.6 Å². The highest BCUT2D eigenvalue weighted by Gasteiger charge is 2.31. The third kappa shape index (κ3) is 5.69. The van der Waals surface area contributed by atoms with E-state index in [9.17, 15) is 14.4 Å². The fourth-order valence-corrected chi connectivity index (χ4v) is 6.51. The molecule has 11 nitrogen and oxygen atoms in total. The molecule has 0 saturated carbocycles. The number of benzene rings is 2. The van der Waals surface area contributed by atoms with Crippen LogP contribution in [-0.2, 0) is 25.3 Å². The van der Waals surface area contributed by atoms with E-state index < -0.39 is 17.2 Å². The van der Waals surface area contributed by atoms with Crippen LogP contribution >= 0.6 is 0 Å². The first-order valence-corrected chi connectivity index (χ1v) is 15.2.